The molecular formula is C15H22N4O4. The molecule has 0 fully saturated rings. The van der Waals surface area contributed by atoms with Gasteiger partial charge >= 0.3 is 0 Å². The molecule has 1 aromatic rings. The molecule has 1 amide bonds. The second-order valence-electron chi connectivity index (χ2n) is 4.79. The number of anilines is 1. The number of hydrogen-bond donors (Lipinski definition) is 2. The van der Waals surface area contributed by atoms with Crippen LogP contribution in [0.1, 0.15) is 32.3 Å². The summed E-state index contributed by atoms with van der Waals surface area (Å²) >= 11 is 0. The number of benzene rings is 1. The predicted molar refractivity (Wildman–Crippen MR) is 88.7 cm³/mol. The molecule has 0 heterocycles. The van der Waals surface area contributed by atoms with Crippen molar-refractivity contribution in [2.24, 2.45) is 5.10 Å². The summed E-state index contributed by atoms with van der Waals surface area (Å²) in [6.07, 6.45) is 1.94. The van der Waals surface area contributed by atoms with E-state index in [1.165, 1.54) is 18.3 Å². The number of hydrogen-bond acceptors (Lipinski definition) is 6. The summed E-state index contributed by atoms with van der Waals surface area (Å²) in [7, 11) is 0. The van der Waals surface area contributed by atoms with Gasteiger partial charge in [0, 0.05) is 49.5 Å². The molecule has 0 bridgehead atoms. The van der Waals surface area contributed by atoms with Gasteiger partial charge in [-0.1, -0.05) is 0 Å². The molecule has 0 saturated heterocycles. The number of amides is 1. The first kappa shape index (κ1) is 18.6. The molecular weight excluding hydrogens is 300 g/mol. The fourth-order valence-corrected chi connectivity index (χ4v) is 2.08. The minimum Gasteiger partial charge on any atom is -0.396 e. The number of nitro benzene ring substituents is 1. The fraction of sp³-hybridized carbons (Fsp3) is 0.467. The summed E-state index contributed by atoms with van der Waals surface area (Å²) in [6, 6.07) is 4.56. The van der Waals surface area contributed by atoms with Crippen molar-refractivity contribution in [3.63, 3.8) is 0 Å². The first-order chi connectivity index (χ1) is 11.0. The van der Waals surface area contributed by atoms with Crippen LogP contribution in [0, 0.1) is 10.1 Å². The van der Waals surface area contributed by atoms with Gasteiger partial charge < -0.3 is 10.0 Å². The molecule has 126 valence electrons. The largest absolute Gasteiger partial charge is 0.396 e. The van der Waals surface area contributed by atoms with Crippen LogP contribution in [0.25, 0.3) is 0 Å². The number of carbonyl (C=O) groups is 1. The van der Waals surface area contributed by atoms with Crippen LogP contribution in [0.3, 0.4) is 0 Å². The molecule has 23 heavy (non-hydrogen) atoms. The van der Waals surface area contributed by atoms with Gasteiger partial charge in [0.05, 0.1) is 11.1 Å². The number of non-ortho nitro benzene ring substituents is 1. The van der Waals surface area contributed by atoms with Crippen molar-refractivity contribution in [2.45, 2.75) is 26.7 Å². The summed E-state index contributed by atoms with van der Waals surface area (Å²) in [5.74, 6) is -0.315. The van der Waals surface area contributed by atoms with E-state index >= 15 is 0 Å². The third kappa shape index (κ3) is 5.67. The van der Waals surface area contributed by atoms with Gasteiger partial charge in [-0.15, -0.1) is 0 Å². The molecule has 0 radical (unpaired) electrons. The maximum absolute atomic E-state index is 11.4. The number of aliphatic hydroxyl groups excluding tert-OH is 1. The van der Waals surface area contributed by atoms with Crippen molar-refractivity contribution in [1.29, 1.82) is 0 Å². The molecule has 1 rings (SSSR count). The highest BCUT2D eigenvalue weighted by Crippen LogP contribution is 2.24. The lowest BCUT2D eigenvalue weighted by Crippen LogP contribution is -2.23. The second kappa shape index (κ2) is 9.52. The van der Waals surface area contributed by atoms with Crippen LogP contribution in [0.2, 0.25) is 0 Å². The Bertz CT molecular complexity index is 571. The Morgan fingerprint density at radius 2 is 2.13 bits per heavy atom. The van der Waals surface area contributed by atoms with Crippen LogP contribution < -0.4 is 10.3 Å². The van der Waals surface area contributed by atoms with Gasteiger partial charge in [-0.2, -0.15) is 5.10 Å². The Morgan fingerprint density at radius 3 is 2.70 bits per heavy atom. The van der Waals surface area contributed by atoms with E-state index in [9.17, 15) is 14.9 Å². The Hall–Kier alpha value is -2.48. The van der Waals surface area contributed by atoms with E-state index in [-0.39, 0.29) is 24.6 Å². The zero-order valence-corrected chi connectivity index (χ0v) is 13.4. The van der Waals surface area contributed by atoms with Crippen molar-refractivity contribution < 1.29 is 14.8 Å². The van der Waals surface area contributed by atoms with Crippen LogP contribution in [-0.4, -0.2) is 41.8 Å². The average Bonchev–Trinajstić information content (AvgIpc) is 2.54. The highest BCUT2D eigenvalue weighted by Gasteiger charge is 2.13. The van der Waals surface area contributed by atoms with E-state index in [4.69, 9.17) is 5.11 Å². The number of nitrogens with one attached hydrogen (secondary N) is 1. The van der Waals surface area contributed by atoms with Crippen LogP contribution >= 0.6 is 0 Å². The van der Waals surface area contributed by atoms with Gasteiger partial charge in [-0.3, -0.25) is 14.9 Å². The molecule has 8 nitrogen and oxygen atoms in total. The highest BCUT2D eigenvalue weighted by molar-refractivity contribution is 5.90. The van der Waals surface area contributed by atoms with E-state index in [1.807, 2.05) is 18.7 Å². The van der Waals surface area contributed by atoms with Gasteiger partial charge in [0.25, 0.3) is 5.69 Å². The Balaban J connectivity index is 2.98. The van der Waals surface area contributed by atoms with Crippen molar-refractivity contribution in [3.8, 4) is 0 Å². The number of rotatable bonds is 9. The zero-order chi connectivity index (χ0) is 17.2. The third-order valence-corrected chi connectivity index (χ3v) is 3.28. The minimum atomic E-state index is -0.469. The first-order valence-electron chi connectivity index (χ1n) is 7.49. The topological polar surface area (TPSA) is 108 Å². The van der Waals surface area contributed by atoms with Gasteiger partial charge in [-0.25, -0.2) is 5.43 Å². The van der Waals surface area contributed by atoms with E-state index < -0.39 is 4.92 Å². The number of nitrogens with zero attached hydrogens (tertiary/aromatic N) is 3. The third-order valence-electron chi connectivity index (χ3n) is 3.28. The van der Waals surface area contributed by atoms with Crippen molar-refractivity contribution >= 4 is 23.5 Å². The van der Waals surface area contributed by atoms with Crippen molar-refractivity contribution in [1.82, 2.24) is 5.43 Å². The van der Waals surface area contributed by atoms with E-state index in [1.54, 1.807) is 6.07 Å². The smallest absolute Gasteiger partial charge is 0.270 e. The van der Waals surface area contributed by atoms with E-state index in [0.717, 1.165) is 18.8 Å². The van der Waals surface area contributed by atoms with Crippen LogP contribution in [0.5, 0.6) is 0 Å². The Morgan fingerprint density at radius 1 is 1.43 bits per heavy atom. The van der Waals surface area contributed by atoms with Crippen LogP contribution in [-0.2, 0) is 4.79 Å². The first-order valence-corrected chi connectivity index (χ1v) is 7.49. The van der Waals surface area contributed by atoms with Gasteiger partial charge in [0.1, 0.15) is 0 Å². The highest BCUT2D eigenvalue weighted by atomic mass is 16.6. The number of hydrazone groups is 1. The molecule has 8 heteroatoms. The lowest BCUT2D eigenvalue weighted by molar-refractivity contribution is -0.384. The molecule has 0 saturated carbocycles. The number of carbonyl (C=O) groups excluding carboxylic acids is 1. The summed E-state index contributed by atoms with van der Waals surface area (Å²) in [6.45, 7) is 5.41. The second-order valence-corrected chi connectivity index (χ2v) is 4.79. The molecule has 0 spiro atoms. The lowest BCUT2D eigenvalue weighted by atomic mass is 10.1. The summed E-state index contributed by atoms with van der Waals surface area (Å²) in [5.41, 5.74) is 3.69. The summed E-state index contributed by atoms with van der Waals surface area (Å²) < 4.78 is 0. The molecule has 0 aliphatic carbocycles. The molecule has 1 aromatic carbocycles. The Kier molecular flexibility index (Phi) is 7.69. The molecule has 0 unspecified atom stereocenters. The maximum Gasteiger partial charge on any atom is 0.270 e. The molecule has 0 aromatic heterocycles. The van der Waals surface area contributed by atoms with Crippen LogP contribution in [0.15, 0.2) is 23.3 Å². The average molecular weight is 322 g/mol. The minimum absolute atomic E-state index is 0.0334. The van der Waals surface area contributed by atoms with Gasteiger partial charge in [-0.05, 0) is 26.3 Å². The summed E-state index contributed by atoms with van der Waals surface area (Å²) in [5, 5.41) is 23.4. The number of aliphatic hydroxyl groups is 1. The SMILES string of the molecule is CCN(CC)c1ccc([N+](=O)[O-])cc1C=NNC(=O)CCCO. The standard InChI is InChI=1S/C15H22N4O4/c1-3-18(4-2)14-8-7-13(19(22)23)10-12(14)11-16-17-15(21)6-5-9-20/h7-8,10-11,20H,3-6,9H2,1-2H3,(H,17,21). The Labute approximate surface area is 134 Å². The molecule has 2 N–H and O–H groups in total. The monoisotopic (exact) mass is 322 g/mol. The molecule has 0 atom stereocenters. The van der Waals surface area contributed by atoms with Gasteiger partial charge in [0.15, 0.2) is 0 Å². The summed E-state index contributed by atoms with van der Waals surface area (Å²) in [4.78, 5) is 23.9. The van der Waals surface area contributed by atoms with Crippen molar-refractivity contribution in [3.05, 3.63) is 33.9 Å². The van der Waals surface area contributed by atoms with E-state index in [0.29, 0.717) is 12.0 Å². The fourth-order valence-electron chi connectivity index (χ4n) is 2.08. The lowest BCUT2D eigenvalue weighted by Gasteiger charge is -2.22. The normalized spacial score (nSPS) is 10.7. The zero-order valence-electron chi connectivity index (χ0n) is 13.4. The van der Waals surface area contributed by atoms with Crippen LogP contribution in [0.4, 0.5) is 11.4 Å². The molecule has 0 aliphatic rings. The molecule has 0 aliphatic heterocycles. The number of nitro groups is 1. The van der Waals surface area contributed by atoms with E-state index in [2.05, 4.69) is 10.5 Å². The predicted octanol–water partition coefficient (Wildman–Crippen LogP) is 1.66. The van der Waals surface area contributed by atoms with Gasteiger partial charge in [0.2, 0.25) is 5.91 Å². The maximum atomic E-state index is 11.4. The quantitative estimate of drug-likeness (QED) is 0.408. The van der Waals surface area contributed by atoms with Crippen molar-refractivity contribution in [2.75, 3.05) is 24.6 Å².